The van der Waals surface area contributed by atoms with Crippen LogP contribution in [0.3, 0.4) is 0 Å². The fraction of sp³-hybridized carbons (Fsp3) is 0.167. The number of anilines is 1. The Bertz CT molecular complexity index is 556. The van der Waals surface area contributed by atoms with Crippen LogP contribution in [0.5, 0.6) is 0 Å². The third-order valence-electron chi connectivity index (χ3n) is 2.43. The van der Waals surface area contributed by atoms with Crippen molar-refractivity contribution in [2.75, 3.05) is 5.73 Å². The fourth-order valence-electron chi connectivity index (χ4n) is 1.48. The molecule has 4 nitrogen and oxygen atoms in total. The molecule has 94 valence electrons. The second-order valence-electron chi connectivity index (χ2n) is 3.80. The summed E-state index contributed by atoms with van der Waals surface area (Å²) in [5.41, 5.74) is 6.54. The van der Waals surface area contributed by atoms with Gasteiger partial charge in [-0.15, -0.1) is 11.3 Å². The highest BCUT2D eigenvalue weighted by atomic mass is 35.5. The Kier molecular flexibility index (Phi) is 3.84. The molecule has 1 amide bonds. The fourth-order valence-corrected chi connectivity index (χ4v) is 2.24. The van der Waals surface area contributed by atoms with Crippen LogP contribution in [0.4, 0.5) is 5.69 Å². The molecule has 1 aromatic carbocycles. The molecule has 2 rings (SSSR count). The Labute approximate surface area is 114 Å². The standard InChI is InChI=1S/C12H12ClN3OS/c1-7(12-15-4-5-18-12)16-11(17)8-2-3-9(13)10(14)6-8/h2-7H,14H2,1H3,(H,16,17). The van der Waals surface area contributed by atoms with Gasteiger partial charge in [-0.1, -0.05) is 11.6 Å². The summed E-state index contributed by atoms with van der Waals surface area (Å²) in [6.07, 6.45) is 1.71. The molecule has 0 aliphatic rings. The van der Waals surface area contributed by atoms with Crippen LogP contribution >= 0.6 is 22.9 Å². The van der Waals surface area contributed by atoms with E-state index >= 15 is 0 Å². The molecule has 1 unspecified atom stereocenters. The number of nitrogen functional groups attached to an aromatic ring is 1. The SMILES string of the molecule is CC(NC(=O)c1ccc(Cl)c(N)c1)c1nccs1. The first-order chi connectivity index (χ1) is 8.58. The topological polar surface area (TPSA) is 68.0 Å². The first kappa shape index (κ1) is 12.9. The Morgan fingerprint density at radius 2 is 2.33 bits per heavy atom. The Morgan fingerprint density at radius 1 is 1.56 bits per heavy atom. The number of carbonyl (C=O) groups is 1. The van der Waals surface area contributed by atoms with Crippen molar-refractivity contribution in [1.29, 1.82) is 0 Å². The molecule has 2 aromatic rings. The summed E-state index contributed by atoms with van der Waals surface area (Å²) in [4.78, 5) is 16.1. The number of rotatable bonds is 3. The number of thiazole rings is 1. The van der Waals surface area contributed by atoms with Gasteiger partial charge in [-0.2, -0.15) is 0 Å². The third-order valence-corrected chi connectivity index (χ3v) is 3.73. The highest BCUT2D eigenvalue weighted by Gasteiger charge is 2.13. The van der Waals surface area contributed by atoms with Gasteiger partial charge >= 0.3 is 0 Å². The predicted molar refractivity (Wildman–Crippen MR) is 73.9 cm³/mol. The van der Waals surface area contributed by atoms with Gasteiger partial charge in [0, 0.05) is 17.1 Å². The molecule has 0 saturated carbocycles. The van der Waals surface area contributed by atoms with E-state index in [1.807, 2.05) is 12.3 Å². The molecular weight excluding hydrogens is 270 g/mol. The van der Waals surface area contributed by atoms with Crippen LogP contribution in [0.2, 0.25) is 5.02 Å². The van der Waals surface area contributed by atoms with Gasteiger partial charge in [0.15, 0.2) is 0 Å². The molecule has 1 heterocycles. The Morgan fingerprint density at radius 3 is 2.94 bits per heavy atom. The van der Waals surface area contributed by atoms with Crippen molar-refractivity contribution in [3.05, 3.63) is 45.4 Å². The molecule has 1 atom stereocenters. The molecule has 0 radical (unpaired) electrons. The Hall–Kier alpha value is -1.59. The number of hydrogen-bond donors (Lipinski definition) is 2. The number of nitrogens with two attached hydrogens (primary N) is 1. The van der Waals surface area contributed by atoms with Gasteiger partial charge in [-0.25, -0.2) is 4.98 Å². The van der Waals surface area contributed by atoms with Crippen molar-refractivity contribution in [2.24, 2.45) is 0 Å². The molecule has 0 bridgehead atoms. The van der Waals surface area contributed by atoms with Gasteiger partial charge in [-0.05, 0) is 25.1 Å². The zero-order valence-electron chi connectivity index (χ0n) is 9.68. The largest absolute Gasteiger partial charge is 0.398 e. The van der Waals surface area contributed by atoms with Crippen molar-refractivity contribution in [3.8, 4) is 0 Å². The van der Waals surface area contributed by atoms with Crippen LogP contribution in [-0.4, -0.2) is 10.9 Å². The lowest BCUT2D eigenvalue weighted by Crippen LogP contribution is -2.26. The van der Waals surface area contributed by atoms with Crippen LogP contribution in [0, 0.1) is 0 Å². The van der Waals surface area contributed by atoms with Gasteiger partial charge in [-0.3, -0.25) is 4.79 Å². The lowest BCUT2D eigenvalue weighted by atomic mass is 10.2. The van der Waals surface area contributed by atoms with E-state index in [0.29, 0.717) is 16.3 Å². The predicted octanol–water partition coefficient (Wildman–Crippen LogP) is 2.87. The van der Waals surface area contributed by atoms with Crippen molar-refractivity contribution >= 4 is 34.5 Å². The van der Waals surface area contributed by atoms with E-state index in [4.69, 9.17) is 17.3 Å². The van der Waals surface area contributed by atoms with Crippen LogP contribution in [0.25, 0.3) is 0 Å². The maximum absolute atomic E-state index is 12.0. The molecule has 0 spiro atoms. The first-order valence-electron chi connectivity index (χ1n) is 5.33. The van der Waals surface area contributed by atoms with Gasteiger partial charge < -0.3 is 11.1 Å². The minimum atomic E-state index is -0.193. The summed E-state index contributed by atoms with van der Waals surface area (Å²) in [5.74, 6) is -0.193. The summed E-state index contributed by atoms with van der Waals surface area (Å²) in [6.45, 7) is 1.88. The number of nitrogens with zero attached hydrogens (tertiary/aromatic N) is 1. The van der Waals surface area contributed by atoms with Crippen molar-refractivity contribution in [1.82, 2.24) is 10.3 Å². The average molecular weight is 282 g/mol. The van der Waals surface area contributed by atoms with Crippen molar-refractivity contribution in [3.63, 3.8) is 0 Å². The summed E-state index contributed by atoms with van der Waals surface area (Å²) in [6, 6.07) is 4.68. The minimum Gasteiger partial charge on any atom is -0.398 e. The average Bonchev–Trinajstić information content (AvgIpc) is 2.86. The van der Waals surface area contributed by atoms with E-state index in [9.17, 15) is 4.79 Å². The zero-order chi connectivity index (χ0) is 13.1. The van der Waals surface area contributed by atoms with Crippen LogP contribution in [0.1, 0.15) is 28.3 Å². The summed E-state index contributed by atoms with van der Waals surface area (Å²) >= 11 is 7.31. The smallest absolute Gasteiger partial charge is 0.251 e. The van der Waals surface area contributed by atoms with Gasteiger partial charge in [0.2, 0.25) is 0 Å². The van der Waals surface area contributed by atoms with E-state index in [1.54, 1.807) is 24.4 Å². The molecule has 0 aliphatic carbocycles. The molecule has 18 heavy (non-hydrogen) atoms. The second kappa shape index (κ2) is 5.37. The van der Waals surface area contributed by atoms with E-state index in [2.05, 4.69) is 10.3 Å². The second-order valence-corrected chi connectivity index (χ2v) is 5.14. The van der Waals surface area contributed by atoms with Crippen LogP contribution in [-0.2, 0) is 0 Å². The number of nitrogens with one attached hydrogen (secondary N) is 1. The van der Waals surface area contributed by atoms with Gasteiger partial charge in [0.25, 0.3) is 5.91 Å². The molecule has 0 aliphatic heterocycles. The highest BCUT2D eigenvalue weighted by Crippen LogP contribution is 2.20. The summed E-state index contributed by atoms with van der Waals surface area (Å²) in [5, 5.41) is 6.04. The number of amides is 1. The maximum Gasteiger partial charge on any atom is 0.251 e. The number of halogens is 1. The zero-order valence-corrected chi connectivity index (χ0v) is 11.3. The van der Waals surface area contributed by atoms with E-state index in [-0.39, 0.29) is 11.9 Å². The molecule has 0 fully saturated rings. The maximum atomic E-state index is 12.0. The number of carbonyl (C=O) groups excluding carboxylic acids is 1. The van der Waals surface area contributed by atoms with Crippen molar-refractivity contribution < 1.29 is 4.79 Å². The number of benzene rings is 1. The molecule has 0 saturated heterocycles. The minimum absolute atomic E-state index is 0.130. The summed E-state index contributed by atoms with van der Waals surface area (Å²) in [7, 11) is 0. The molecule has 6 heteroatoms. The molecular formula is C12H12ClN3OS. The van der Waals surface area contributed by atoms with Gasteiger partial charge in [0.1, 0.15) is 5.01 Å². The summed E-state index contributed by atoms with van der Waals surface area (Å²) < 4.78 is 0. The van der Waals surface area contributed by atoms with E-state index in [1.165, 1.54) is 11.3 Å². The first-order valence-corrected chi connectivity index (χ1v) is 6.59. The quantitative estimate of drug-likeness (QED) is 0.850. The van der Waals surface area contributed by atoms with Crippen molar-refractivity contribution in [2.45, 2.75) is 13.0 Å². The monoisotopic (exact) mass is 281 g/mol. The van der Waals surface area contributed by atoms with E-state index < -0.39 is 0 Å². The molecule has 1 aromatic heterocycles. The van der Waals surface area contributed by atoms with Gasteiger partial charge in [0.05, 0.1) is 16.8 Å². The molecule has 3 N–H and O–H groups in total. The lowest BCUT2D eigenvalue weighted by Gasteiger charge is -2.11. The Balaban J connectivity index is 2.10. The highest BCUT2D eigenvalue weighted by molar-refractivity contribution is 7.09. The number of aromatic nitrogens is 1. The number of hydrogen-bond acceptors (Lipinski definition) is 4. The van der Waals surface area contributed by atoms with Crippen LogP contribution < -0.4 is 11.1 Å². The van der Waals surface area contributed by atoms with Crippen LogP contribution in [0.15, 0.2) is 29.8 Å². The van der Waals surface area contributed by atoms with E-state index in [0.717, 1.165) is 5.01 Å². The lowest BCUT2D eigenvalue weighted by molar-refractivity contribution is 0.0940. The normalized spacial score (nSPS) is 12.1. The third kappa shape index (κ3) is 2.80.